The van der Waals surface area contributed by atoms with Gasteiger partial charge in [0.2, 0.25) is 0 Å². The molecule has 1 aliphatic heterocycles. The van der Waals surface area contributed by atoms with E-state index in [1.54, 1.807) is 12.1 Å². The van der Waals surface area contributed by atoms with E-state index >= 15 is 0 Å². The maximum Gasteiger partial charge on any atom is 0.573 e. The molecule has 19 heavy (non-hydrogen) atoms. The fourth-order valence-electron chi connectivity index (χ4n) is 1.97. The van der Waals surface area contributed by atoms with Crippen molar-refractivity contribution in [1.82, 2.24) is 5.32 Å². The molecule has 0 aromatic heterocycles. The van der Waals surface area contributed by atoms with Crippen molar-refractivity contribution in [3.05, 3.63) is 29.8 Å². The summed E-state index contributed by atoms with van der Waals surface area (Å²) in [6, 6.07) is 5.89. The van der Waals surface area contributed by atoms with Gasteiger partial charge in [0.25, 0.3) is 0 Å². The van der Waals surface area contributed by atoms with Crippen molar-refractivity contribution in [1.29, 1.82) is 0 Å². The average molecular weight is 275 g/mol. The maximum atomic E-state index is 12.0. The summed E-state index contributed by atoms with van der Waals surface area (Å²) >= 11 is 0. The van der Waals surface area contributed by atoms with E-state index in [9.17, 15) is 13.2 Å². The second-order valence-electron chi connectivity index (χ2n) is 4.55. The molecular formula is C13H16F3NO2. The predicted molar refractivity (Wildman–Crippen MR) is 63.8 cm³/mol. The van der Waals surface area contributed by atoms with E-state index in [1.807, 2.05) is 0 Å². The molecule has 1 fully saturated rings. The van der Waals surface area contributed by atoms with Gasteiger partial charge in [-0.2, -0.15) is 0 Å². The molecule has 1 unspecified atom stereocenters. The molecule has 1 N–H and O–H groups in total. The van der Waals surface area contributed by atoms with Crippen molar-refractivity contribution in [2.24, 2.45) is 5.92 Å². The lowest BCUT2D eigenvalue weighted by molar-refractivity contribution is -0.274. The van der Waals surface area contributed by atoms with Gasteiger partial charge in [0, 0.05) is 19.7 Å². The Labute approximate surface area is 109 Å². The van der Waals surface area contributed by atoms with E-state index in [0.717, 1.165) is 31.7 Å². The topological polar surface area (TPSA) is 30.5 Å². The Bertz CT molecular complexity index is 386. The van der Waals surface area contributed by atoms with Crippen LogP contribution in [-0.4, -0.2) is 26.1 Å². The van der Waals surface area contributed by atoms with Crippen LogP contribution in [0.4, 0.5) is 13.2 Å². The highest BCUT2D eigenvalue weighted by Crippen LogP contribution is 2.22. The summed E-state index contributed by atoms with van der Waals surface area (Å²) in [5.41, 5.74) is 0.924. The van der Waals surface area contributed by atoms with Crippen molar-refractivity contribution in [3.63, 3.8) is 0 Å². The van der Waals surface area contributed by atoms with Crippen molar-refractivity contribution >= 4 is 0 Å². The van der Waals surface area contributed by atoms with E-state index < -0.39 is 6.36 Å². The summed E-state index contributed by atoms with van der Waals surface area (Å²) < 4.78 is 45.0. The monoisotopic (exact) mass is 275 g/mol. The summed E-state index contributed by atoms with van der Waals surface area (Å²) in [7, 11) is 0. The van der Waals surface area contributed by atoms with Gasteiger partial charge in [0.1, 0.15) is 5.75 Å². The highest BCUT2D eigenvalue weighted by Gasteiger charge is 2.30. The summed E-state index contributed by atoms with van der Waals surface area (Å²) in [4.78, 5) is 0. The number of alkyl halides is 3. The Balaban J connectivity index is 1.75. The van der Waals surface area contributed by atoms with Crippen LogP contribution in [0.25, 0.3) is 0 Å². The molecule has 106 valence electrons. The zero-order valence-corrected chi connectivity index (χ0v) is 10.4. The van der Waals surface area contributed by atoms with E-state index in [0.29, 0.717) is 12.5 Å². The lowest BCUT2D eigenvalue weighted by Gasteiger charge is -2.11. The summed E-state index contributed by atoms with van der Waals surface area (Å²) in [5.74, 6) is 0.341. The van der Waals surface area contributed by atoms with Crippen LogP contribution in [0, 0.1) is 5.92 Å². The zero-order chi connectivity index (χ0) is 13.7. The highest BCUT2D eigenvalue weighted by molar-refractivity contribution is 5.27. The lowest BCUT2D eigenvalue weighted by atomic mass is 10.1. The molecule has 1 heterocycles. The summed E-state index contributed by atoms with van der Waals surface area (Å²) in [6.45, 7) is 3.09. The van der Waals surface area contributed by atoms with Crippen molar-refractivity contribution in [2.75, 3.05) is 19.8 Å². The molecule has 1 aliphatic rings. The van der Waals surface area contributed by atoms with Crippen LogP contribution in [-0.2, 0) is 11.3 Å². The van der Waals surface area contributed by atoms with Crippen LogP contribution >= 0.6 is 0 Å². The molecule has 2 rings (SSSR count). The van der Waals surface area contributed by atoms with E-state index in [2.05, 4.69) is 10.1 Å². The number of rotatable bonds is 5. The molecule has 0 spiro atoms. The van der Waals surface area contributed by atoms with Gasteiger partial charge in [-0.25, -0.2) is 0 Å². The quantitative estimate of drug-likeness (QED) is 0.896. The Morgan fingerprint density at radius 1 is 1.26 bits per heavy atom. The normalized spacial score (nSPS) is 19.6. The van der Waals surface area contributed by atoms with Gasteiger partial charge in [-0.3, -0.25) is 0 Å². The third-order valence-electron chi connectivity index (χ3n) is 2.94. The highest BCUT2D eigenvalue weighted by atomic mass is 19.4. The van der Waals surface area contributed by atoms with Gasteiger partial charge < -0.3 is 14.8 Å². The fourth-order valence-corrected chi connectivity index (χ4v) is 1.97. The Morgan fingerprint density at radius 2 is 2.00 bits per heavy atom. The first-order chi connectivity index (χ1) is 9.03. The number of benzene rings is 1. The second-order valence-corrected chi connectivity index (χ2v) is 4.55. The third-order valence-corrected chi connectivity index (χ3v) is 2.94. The van der Waals surface area contributed by atoms with Crippen LogP contribution in [0.2, 0.25) is 0 Å². The average Bonchev–Trinajstić information content (AvgIpc) is 2.82. The molecular weight excluding hydrogens is 259 g/mol. The number of nitrogens with one attached hydrogen (secondary N) is 1. The molecule has 0 amide bonds. The largest absolute Gasteiger partial charge is 0.573 e. The van der Waals surface area contributed by atoms with Crippen molar-refractivity contribution < 1.29 is 22.6 Å². The molecule has 0 radical (unpaired) electrons. The minimum atomic E-state index is -4.64. The first-order valence-corrected chi connectivity index (χ1v) is 6.16. The fraction of sp³-hybridized carbons (Fsp3) is 0.538. The Kier molecular flexibility index (Phi) is 4.66. The molecule has 1 atom stereocenters. The standard InChI is InChI=1S/C13H16F3NO2/c14-13(15,16)19-12-3-1-10(2-4-12)7-17-8-11-5-6-18-9-11/h1-4,11,17H,5-9H2. The molecule has 0 bridgehead atoms. The minimum Gasteiger partial charge on any atom is -0.406 e. The molecule has 1 saturated heterocycles. The number of hydrogen-bond donors (Lipinski definition) is 1. The van der Waals surface area contributed by atoms with Crippen LogP contribution < -0.4 is 10.1 Å². The van der Waals surface area contributed by atoms with Gasteiger partial charge in [-0.15, -0.1) is 13.2 Å². The molecule has 1 aromatic rings. The van der Waals surface area contributed by atoms with Crippen molar-refractivity contribution in [2.45, 2.75) is 19.3 Å². The van der Waals surface area contributed by atoms with E-state index in [4.69, 9.17) is 4.74 Å². The number of ether oxygens (including phenoxy) is 2. The van der Waals surface area contributed by atoms with E-state index in [1.165, 1.54) is 12.1 Å². The lowest BCUT2D eigenvalue weighted by Crippen LogP contribution is -2.22. The summed E-state index contributed by atoms with van der Waals surface area (Å²) in [5, 5.41) is 3.27. The predicted octanol–water partition coefficient (Wildman–Crippen LogP) is 2.71. The third kappa shape index (κ3) is 5.08. The first kappa shape index (κ1) is 14.1. The van der Waals surface area contributed by atoms with Gasteiger partial charge in [0.15, 0.2) is 0 Å². The van der Waals surface area contributed by atoms with Crippen LogP contribution in [0.3, 0.4) is 0 Å². The second kappa shape index (κ2) is 6.25. The number of hydrogen-bond acceptors (Lipinski definition) is 3. The maximum absolute atomic E-state index is 12.0. The Morgan fingerprint density at radius 3 is 2.58 bits per heavy atom. The first-order valence-electron chi connectivity index (χ1n) is 6.16. The number of halogens is 3. The van der Waals surface area contributed by atoms with Gasteiger partial charge in [-0.1, -0.05) is 12.1 Å². The van der Waals surface area contributed by atoms with Gasteiger partial charge in [-0.05, 0) is 30.0 Å². The zero-order valence-electron chi connectivity index (χ0n) is 10.4. The molecule has 3 nitrogen and oxygen atoms in total. The Hall–Kier alpha value is -1.27. The van der Waals surface area contributed by atoms with Crippen LogP contribution in [0.15, 0.2) is 24.3 Å². The minimum absolute atomic E-state index is 0.194. The van der Waals surface area contributed by atoms with Crippen LogP contribution in [0.5, 0.6) is 5.75 Å². The molecule has 0 aliphatic carbocycles. The molecule has 1 aromatic carbocycles. The molecule has 0 saturated carbocycles. The van der Waals surface area contributed by atoms with E-state index in [-0.39, 0.29) is 5.75 Å². The van der Waals surface area contributed by atoms with Gasteiger partial charge in [0.05, 0.1) is 6.61 Å². The van der Waals surface area contributed by atoms with Crippen molar-refractivity contribution in [3.8, 4) is 5.75 Å². The van der Waals surface area contributed by atoms with Crippen LogP contribution in [0.1, 0.15) is 12.0 Å². The summed E-state index contributed by atoms with van der Waals surface area (Å²) in [6.07, 6.45) is -3.58. The smallest absolute Gasteiger partial charge is 0.406 e. The molecule has 6 heteroatoms. The van der Waals surface area contributed by atoms with Gasteiger partial charge >= 0.3 is 6.36 Å². The SMILES string of the molecule is FC(F)(F)Oc1ccc(CNCC2CCOC2)cc1.